The highest BCUT2D eigenvalue weighted by atomic mass is 35.5. The van der Waals surface area contributed by atoms with Crippen LogP contribution in [0.25, 0.3) is 0 Å². The third kappa shape index (κ3) is 3.33. The molecule has 0 amide bonds. The van der Waals surface area contributed by atoms with Crippen LogP contribution in [0.4, 0.5) is 8.78 Å². The molecule has 5 heteroatoms. The van der Waals surface area contributed by atoms with Crippen molar-refractivity contribution in [2.75, 3.05) is 0 Å². The second-order valence-electron chi connectivity index (χ2n) is 4.22. The number of hydrogen-bond acceptors (Lipinski definition) is 2. The molecule has 0 saturated heterocycles. The number of carbonyl (C=O) groups is 1. The minimum Gasteiger partial charge on any atom is -0.489 e. The van der Waals surface area contributed by atoms with Crippen molar-refractivity contribution in [3.8, 4) is 5.75 Å². The van der Waals surface area contributed by atoms with E-state index in [1.54, 1.807) is 0 Å². The number of Topliss-reactive ketones (excluding diaryl/α,β-unsaturated/α-hetero) is 1. The Balaban J connectivity index is 2.13. The molecule has 0 radical (unpaired) electrons. The molecule has 0 spiro atoms. The van der Waals surface area contributed by atoms with E-state index in [-0.39, 0.29) is 23.7 Å². The third-order valence-electron chi connectivity index (χ3n) is 2.72. The molecule has 0 fully saturated rings. The Morgan fingerprint density at radius 1 is 1.20 bits per heavy atom. The molecule has 0 N–H and O–H groups in total. The largest absolute Gasteiger partial charge is 0.489 e. The second kappa shape index (κ2) is 6.01. The van der Waals surface area contributed by atoms with Crippen LogP contribution in [0.5, 0.6) is 5.75 Å². The van der Waals surface area contributed by atoms with Gasteiger partial charge in [0.05, 0.1) is 5.56 Å². The van der Waals surface area contributed by atoms with E-state index < -0.39 is 11.6 Å². The molecule has 0 bridgehead atoms. The van der Waals surface area contributed by atoms with Crippen molar-refractivity contribution >= 4 is 17.4 Å². The third-order valence-corrected chi connectivity index (χ3v) is 3.09. The summed E-state index contributed by atoms with van der Waals surface area (Å²) in [6.07, 6.45) is 0. The molecule has 0 heterocycles. The zero-order valence-electron chi connectivity index (χ0n) is 10.6. The summed E-state index contributed by atoms with van der Waals surface area (Å²) in [6.45, 7) is 1.29. The fourth-order valence-corrected chi connectivity index (χ4v) is 1.86. The smallest absolute Gasteiger partial charge is 0.162 e. The van der Waals surface area contributed by atoms with Crippen LogP contribution in [-0.4, -0.2) is 5.78 Å². The number of ether oxygens (including phenoxy) is 1. The molecule has 2 aromatic carbocycles. The zero-order chi connectivity index (χ0) is 14.7. The monoisotopic (exact) mass is 296 g/mol. The Hall–Kier alpha value is -1.94. The summed E-state index contributed by atoms with van der Waals surface area (Å²) in [6, 6.07) is 7.86. The van der Waals surface area contributed by atoms with Gasteiger partial charge in [-0.25, -0.2) is 8.78 Å². The van der Waals surface area contributed by atoms with E-state index in [9.17, 15) is 13.6 Å². The van der Waals surface area contributed by atoms with E-state index >= 15 is 0 Å². The van der Waals surface area contributed by atoms with E-state index in [4.69, 9.17) is 16.3 Å². The lowest BCUT2D eigenvalue weighted by molar-refractivity contribution is 0.101. The minimum atomic E-state index is -0.652. The van der Waals surface area contributed by atoms with Gasteiger partial charge >= 0.3 is 0 Å². The molecule has 0 atom stereocenters. The summed E-state index contributed by atoms with van der Waals surface area (Å²) in [4.78, 5) is 11.1. The van der Waals surface area contributed by atoms with E-state index in [1.165, 1.54) is 37.3 Å². The first-order valence-electron chi connectivity index (χ1n) is 5.84. The van der Waals surface area contributed by atoms with Crippen molar-refractivity contribution < 1.29 is 18.3 Å². The molecule has 0 aliphatic carbocycles. The topological polar surface area (TPSA) is 26.3 Å². The first-order chi connectivity index (χ1) is 9.47. The maximum atomic E-state index is 13.6. The predicted molar refractivity (Wildman–Crippen MR) is 72.1 cm³/mol. The Kier molecular flexibility index (Phi) is 4.35. The summed E-state index contributed by atoms with van der Waals surface area (Å²) in [5.74, 6) is -1.19. The molecule has 0 unspecified atom stereocenters. The number of ketones is 1. The summed E-state index contributed by atoms with van der Waals surface area (Å²) < 4.78 is 32.0. The van der Waals surface area contributed by atoms with Gasteiger partial charge in [0.15, 0.2) is 5.78 Å². The summed E-state index contributed by atoms with van der Waals surface area (Å²) in [5.41, 5.74) is 0.462. The van der Waals surface area contributed by atoms with Gasteiger partial charge in [0.2, 0.25) is 0 Å². The van der Waals surface area contributed by atoms with Gasteiger partial charge in [0.1, 0.15) is 24.0 Å². The number of hydrogen-bond donors (Lipinski definition) is 0. The first kappa shape index (κ1) is 14.5. The Bertz CT molecular complexity index is 656. The van der Waals surface area contributed by atoms with Crippen molar-refractivity contribution in [3.05, 3.63) is 64.2 Å². The van der Waals surface area contributed by atoms with Crippen LogP contribution in [0.15, 0.2) is 36.4 Å². The minimum absolute atomic E-state index is 0.00105. The maximum absolute atomic E-state index is 13.6. The molecule has 0 aliphatic rings. The van der Waals surface area contributed by atoms with Gasteiger partial charge in [-0.3, -0.25) is 4.79 Å². The Morgan fingerprint density at radius 2 is 1.95 bits per heavy atom. The lowest BCUT2D eigenvalue weighted by Gasteiger charge is -2.09. The van der Waals surface area contributed by atoms with Gasteiger partial charge in [-0.1, -0.05) is 11.6 Å². The van der Waals surface area contributed by atoms with Crippen LogP contribution >= 0.6 is 11.6 Å². The van der Waals surface area contributed by atoms with Gasteiger partial charge in [0, 0.05) is 16.7 Å². The van der Waals surface area contributed by atoms with Crippen molar-refractivity contribution in [1.29, 1.82) is 0 Å². The molecule has 0 saturated carbocycles. The van der Waals surface area contributed by atoms with Crippen molar-refractivity contribution in [1.82, 2.24) is 0 Å². The van der Waals surface area contributed by atoms with Crippen LogP contribution in [0.1, 0.15) is 22.8 Å². The molecule has 104 valence electrons. The van der Waals surface area contributed by atoms with Crippen molar-refractivity contribution in [2.24, 2.45) is 0 Å². The highest BCUT2D eigenvalue weighted by molar-refractivity contribution is 6.31. The standard InChI is InChI=1S/C15H11ClF2O2/c1-9(19)13-4-3-12(7-15(13)18)20-8-10-6-11(17)2-5-14(10)16/h2-7H,8H2,1H3. The molecule has 2 aromatic rings. The van der Waals surface area contributed by atoms with Crippen LogP contribution in [-0.2, 0) is 6.61 Å². The fraction of sp³-hybridized carbons (Fsp3) is 0.133. The fourth-order valence-electron chi connectivity index (χ4n) is 1.69. The first-order valence-corrected chi connectivity index (χ1v) is 6.22. The molecule has 2 nitrogen and oxygen atoms in total. The average molecular weight is 297 g/mol. The lowest BCUT2D eigenvalue weighted by atomic mass is 10.1. The Morgan fingerprint density at radius 3 is 2.60 bits per heavy atom. The highest BCUT2D eigenvalue weighted by Crippen LogP contribution is 2.21. The zero-order valence-corrected chi connectivity index (χ0v) is 11.4. The number of benzene rings is 2. The van der Waals surface area contributed by atoms with Crippen LogP contribution in [0.3, 0.4) is 0 Å². The number of halogens is 3. The normalized spacial score (nSPS) is 10.4. The highest BCUT2D eigenvalue weighted by Gasteiger charge is 2.09. The summed E-state index contributed by atoms with van der Waals surface area (Å²) in [5, 5.41) is 0.368. The second-order valence-corrected chi connectivity index (χ2v) is 4.63. The molecular weight excluding hydrogens is 286 g/mol. The SMILES string of the molecule is CC(=O)c1ccc(OCc2cc(F)ccc2Cl)cc1F. The molecule has 0 aromatic heterocycles. The number of carbonyl (C=O) groups excluding carboxylic acids is 1. The molecule has 2 rings (SSSR count). The predicted octanol–water partition coefficient (Wildman–Crippen LogP) is 4.40. The van der Waals surface area contributed by atoms with E-state index in [1.807, 2.05) is 0 Å². The van der Waals surface area contributed by atoms with Gasteiger partial charge in [0.25, 0.3) is 0 Å². The van der Waals surface area contributed by atoms with Crippen molar-refractivity contribution in [3.63, 3.8) is 0 Å². The Labute approximate surface area is 119 Å². The maximum Gasteiger partial charge on any atom is 0.162 e. The van der Waals surface area contributed by atoms with Gasteiger partial charge < -0.3 is 4.74 Å². The van der Waals surface area contributed by atoms with Gasteiger partial charge in [-0.15, -0.1) is 0 Å². The van der Waals surface area contributed by atoms with E-state index in [0.717, 1.165) is 6.07 Å². The van der Waals surface area contributed by atoms with Crippen LogP contribution in [0, 0.1) is 11.6 Å². The van der Waals surface area contributed by atoms with Gasteiger partial charge in [-0.2, -0.15) is 0 Å². The van der Waals surface area contributed by atoms with E-state index in [2.05, 4.69) is 0 Å². The van der Waals surface area contributed by atoms with Crippen molar-refractivity contribution in [2.45, 2.75) is 13.5 Å². The van der Waals surface area contributed by atoms with Gasteiger partial charge in [-0.05, 0) is 37.3 Å². The average Bonchev–Trinajstić information content (AvgIpc) is 2.39. The summed E-state index contributed by atoms with van der Waals surface area (Å²) in [7, 11) is 0. The molecule has 0 aliphatic heterocycles. The summed E-state index contributed by atoms with van der Waals surface area (Å²) >= 11 is 5.90. The number of rotatable bonds is 4. The van der Waals surface area contributed by atoms with E-state index in [0.29, 0.717) is 10.6 Å². The molecular formula is C15H11ClF2O2. The van der Waals surface area contributed by atoms with Crippen LogP contribution in [0.2, 0.25) is 5.02 Å². The molecule has 20 heavy (non-hydrogen) atoms. The van der Waals surface area contributed by atoms with Crippen LogP contribution < -0.4 is 4.74 Å². The quantitative estimate of drug-likeness (QED) is 0.782. The lowest BCUT2D eigenvalue weighted by Crippen LogP contribution is -2.00.